The van der Waals surface area contributed by atoms with Gasteiger partial charge in [-0.25, -0.2) is 4.39 Å². The van der Waals surface area contributed by atoms with Crippen LogP contribution >= 0.6 is 0 Å². The molecule has 0 spiro atoms. The molecule has 24 heavy (non-hydrogen) atoms. The van der Waals surface area contributed by atoms with Gasteiger partial charge in [0.05, 0.1) is 12.3 Å². The minimum absolute atomic E-state index is 0.113. The zero-order chi connectivity index (χ0) is 17.4. The van der Waals surface area contributed by atoms with Crippen LogP contribution in [0.2, 0.25) is 0 Å². The maximum atomic E-state index is 13.2. The first kappa shape index (κ1) is 18.0. The van der Waals surface area contributed by atoms with Crippen molar-refractivity contribution in [1.82, 2.24) is 15.5 Å². The van der Waals surface area contributed by atoms with E-state index in [1.807, 2.05) is 32.3 Å². The Kier molecular flexibility index (Phi) is 6.81. The molecule has 5 nitrogen and oxygen atoms in total. The van der Waals surface area contributed by atoms with Crippen LogP contribution in [0, 0.1) is 5.82 Å². The number of furan rings is 1. The van der Waals surface area contributed by atoms with E-state index in [9.17, 15) is 4.39 Å². The third kappa shape index (κ3) is 5.38. The summed E-state index contributed by atoms with van der Waals surface area (Å²) in [7, 11) is 5.75. The van der Waals surface area contributed by atoms with Gasteiger partial charge in [0.25, 0.3) is 0 Å². The van der Waals surface area contributed by atoms with Crippen molar-refractivity contribution in [2.24, 2.45) is 4.99 Å². The predicted molar refractivity (Wildman–Crippen MR) is 94.6 cm³/mol. The normalized spacial score (nSPS) is 13.1. The highest BCUT2D eigenvalue weighted by molar-refractivity contribution is 5.79. The number of rotatable bonds is 7. The van der Waals surface area contributed by atoms with Gasteiger partial charge in [-0.15, -0.1) is 0 Å². The number of benzene rings is 1. The highest BCUT2D eigenvalue weighted by atomic mass is 19.1. The smallest absolute Gasteiger partial charge is 0.191 e. The second-order valence-electron chi connectivity index (χ2n) is 5.75. The Morgan fingerprint density at radius 1 is 1.25 bits per heavy atom. The number of nitrogens with zero attached hydrogens (tertiary/aromatic N) is 2. The largest absolute Gasteiger partial charge is 0.468 e. The van der Waals surface area contributed by atoms with E-state index in [4.69, 9.17) is 4.42 Å². The van der Waals surface area contributed by atoms with E-state index in [0.29, 0.717) is 19.0 Å². The number of aliphatic imine (C=N–C) groups is 1. The van der Waals surface area contributed by atoms with Crippen LogP contribution in [0.1, 0.15) is 17.4 Å². The van der Waals surface area contributed by atoms with Crippen molar-refractivity contribution >= 4 is 5.96 Å². The lowest BCUT2D eigenvalue weighted by atomic mass is 10.1. The van der Waals surface area contributed by atoms with Gasteiger partial charge in [-0.2, -0.15) is 0 Å². The first-order chi connectivity index (χ1) is 11.6. The second kappa shape index (κ2) is 9.08. The summed E-state index contributed by atoms with van der Waals surface area (Å²) in [4.78, 5) is 6.31. The molecule has 0 bridgehead atoms. The van der Waals surface area contributed by atoms with Gasteiger partial charge in [0.1, 0.15) is 11.6 Å². The Morgan fingerprint density at radius 3 is 2.71 bits per heavy atom. The number of hydrogen-bond donors (Lipinski definition) is 2. The van der Waals surface area contributed by atoms with Crippen molar-refractivity contribution in [2.45, 2.75) is 12.5 Å². The van der Waals surface area contributed by atoms with Gasteiger partial charge < -0.3 is 15.1 Å². The lowest BCUT2D eigenvalue weighted by Crippen LogP contribution is -2.42. The van der Waals surface area contributed by atoms with Crippen LogP contribution in [-0.2, 0) is 6.42 Å². The monoisotopic (exact) mass is 332 g/mol. The average molecular weight is 332 g/mol. The minimum Gasteiger partial charge on any atom is -0.468 e. The highest BCUT2D eigenvalue weighted by Crippen LogP contribution is 2.17. The quantitative estimate of drug-likeness (QED) is 0.604. The molecule has 0 saturated heterocycles. The molecule has 2 aromatic rings. The standard InChI is InChI=1S/C18H25FN4O/c1-20-18(21-10-9-14-6-4-7-15(19)12-14)22-13-16(23(2)3)17-8-5-11-24-17/h4-8,11-12,16H,9-10,13H2,1-3H3,(H2,20,21,22). The van der Waals surface area contributed by atoms with E-state index in [2.05, 4.69) is 20.5 Å². The number of hydrogen-bond acceptors (Lipinski definition) is 3. The predicted octanol–water partition coefficient (Wildman–Crippen LogP) is 2.43. The van der Waals surface area contributed by atoms with Crippen LogP contribution < -0.4 is 10.6 Å². The average Bonchev–Trinajstić information content (AvgIpc) is 3.07. The molecule has 1 aromatic carbocycles. The molecule has 6 heteroatoms. The molecule has 1 unspecified atom stereocenters. The minimum atomic E-state index is -0.206. The molecular weight excluding hydrogens is 307 g/mol. The molecule has 0 amide bonds. The Hall–Kier alpha value is -2.34. The SMILES string of the molecule is CN=C(NCCc1cccc(F)c1)NCC(c1ccco1)N(C)C. The van der Waals surface area contributed by atoms with Crippen molar-refractivity contribution in [1.29, 1.82) is 0 Å². The Morgan fingerprint density at radius 2 is 2.08 bits per heavy atom. The zero-order valence-electron chi connectivity index (χ0n) is 14.4. The summed E-state index contributed by atoms with van der Waals surface area (Å²) in [6.07, 6.45) is 2.41. The summed E-state index contributed by atoms with van der Waals surface area (Å²) in [6.45, 7) is 1.34. The first-order valence-corrected chi connectivity index (χ1v) is 7.99. The Balaban J connectivity index is 1.81. The summed E-state index contributed by atoms with van der Waals surface area (Å²) in [5, 5.41) is 6.54. The summed E-state index contributed by atoms with van der Waals surface area (Å²) >= 11 is 0. The molecule has 0 aliphatic heterocycles. The Bertz CT molecular complexity index is 640. The van der Waals surface area contributed by atoms with Crippen molar-refractivity contribution < 1.29 is 8.81 Å². The van der Waals surface area contributed by atoms with Crippen LogP contribution in [-0.4, -0.2) is 45.1 Å². The van der Waals surface area contributed by atoms with Crippen molar-refractivity contribution in [3.63, 3.8) is 0 Å². The number of likely N-dealkylation sites (N-methyl/N-ethyl adjacent to an activating group) is 1. The van der Waals surface area contributed by atoms with Gasteiger partial charge in [-0.3, -0.25) is 9.89 Å². The van der Waals surface area contributed by atoms with E-state index in [1.165, 1.54) is 6.07 Å². The van der Waals surface area contributed by atoms with Gasteiger partial charge in [0.15, 0.2) is 5.96 Å². The van der Waals surface area contributed by atoms with E-state index in [1.54, 1.807) is 25.4 Å². The molecule has 1 aromatic heterocycles. The molecule has 1 atom stereocenters. The fourth-order valence-corrected chi connectivity index (χ4v) is 2.45. The van der Waals surface area contributed by atoms with Gasteiger partial charge >= 0.3 is 0 Å². The molecule has 130 valence electrons. The fourth-order valence-electron chi connectivity index (χ4n) is 2.45. The Labute approximate surface area is 142 Å². The van der Waals surface area contributed by atoms with Crippen LogP contribution in [0.15, 0.2) is 52.1 Å². The lowest BCUT2D eigenvalue weighted by molar-refractivity contribution is 0.258. The third-order valence-corrected chi connectivity index (χ3v) is 3.78. The lowest BCUT2D eigenvalue weighted by Gasteiger charge is -2.23. The van der Waals surface area contributed by atoms with Gasteiger partial charge in [0, 0.05) is 20.1 Å². The van der Waals surface area contributed by atoms with Crippen LogP contribution in [0.25, 0.3) is 0 Å². The summed E-state index contributed by atoms with van der Waals surface area (Å²) < 4.78 is 18.7. The molecule has 0 radical (unpaired) electrons. The topological polar surface area (TPSA) is 52.8 Å². The first-order valence-electron chi connectivity index (χ1n) is 7.99. The van der Waals surface area contributed by atoms with E-state index in [0.717, 1.165) is 17.7 Å². The highest BCUT2D eigenvalue weighted by Gasteiger charge is 2.17. The second-order valence-corrected chi connectivity index (χ2v) is 5.75. The molecule has 0 fully saturated rings. The molecule has 2 N–H and O–H groups in total. The van der Waals surface area contributed by atoms with Gasteiger partial charge in [0.2, 0.25) is 0 Å². The van der Waals surface area contributed by atoms with Crippen molar-refractivity contribution in [3.05, 3.63) is 59.8 Å². The molecule has 2 rings (SSSR count). The van der Waals surface area contributed by atoms with Crippen LogP contribution in [0.5, 0.6) is 0 Å². The van der Waals surface area contributed by atoms with Crippen molar-refractivity contribution in [2.75, 3.05) is 34.2 Å². The van der Waals surface area contributed by atoms with E-state index in [-0.39, 0.29) is 11.9 Å². The van der Waals surface area contributed by atoms with Crippen LogP contribution in [0.4, 0.5) is 4.39 Å². The molecule has 0 saturated carbocycles. The molecule has 0 aliphatic carbocycles. The van der Waals surface area contributed by atoms with E-state index >= 15 is 0 Å². The maximum Gasteiger partial charge on any atom is 0.191 e. The maximum absolute atomic E-state index is 13.2. The number of nitrogens with one attached hydrogen (secondary N) is 2. The van der Waals surface area contributed by atoms with Gasteiger partial charge in [-0.1, -0.05) is 12.1 Å². The van der Waals surface area contributed by atoms with Crippen LogP contribution in [0.3, 0.4) is 0 Å². The number of halogens is 1. The summed E-state index contributed by atoms with van der Waals surface area (Å²) in [6, 6.07) is 10.6. The summed E-state index contributed by atoms with van der Waals surface area (Å²) in [5.41, 5.74) is 0.958. The van der Waals surface area contributed by atoms with Gasteiger partial charge in [-0.05, 0) is 50.3 Å². The van der Waals surface area contributed by atoms with E-state index < -0.39 is 0 Å². The zero-order valence-corrected chi connectivity index (χ0v) is 14.4. The molecule has 0 aliphatic rings. The molecular formula is C18H25FN4O. The number of guanidine groups is 1. The third-order valence-electron chi connectivity index (χ3n) is 3.78. The summed E-state index contributed by atoms with van der Waals surface area (Å²) in [5.74, 6) is 1.41. The fraction of sp³-hybridized carbons (Fsp3) is 0.389. The molecule has 1 heterocycles. The van der Waals surface area contributed by atoms with Crippen molar-refractivity contribution in [3.8, 4) is 0 Å².